The Kier molecular flexibility index (Phi) is 6.02. The maximum absolute atomic E-state index is 12.6. The Bertz CT molecular complexity index is 542. The second-order valence-corrected chi connectivity index (χ2v) is 5.90. The van der Waals surface area contributed by atoms with E-state index < -0.39 is 0 Å². The third-order valence-electron chi connectivity index (χ3n) is 4.36. The zero-order valence-corrected chi connectivity index (χ0v) is 14.2. The van der Waals surface area contributed by atoms with E-state index in [1.54, 1.807) is 11.8 Å². The summed E-state index contributed by atoms with van der Waals surface area (Å²) in [4.78, 5) is 28.4. The molecule has 1 atom stereocenters. The lowest BCUT2D eigenvalue weighted by Crippen LogP contribution is -2.42. The number of carbonyl (C=O) groups is 2. The smallest absolute Gasteiger partial charge is 0.310 e. The minimum Gasteiger partial charge on any atom is -0.466 e. The van der Waals surface area contributed by atoms with E-state index in [-0.39, 0.29) is 17.8 Å². The highest BCUT2D eigenvalue weighted by atomic mass is 16.5. The van der Waals surface area contributed by atoms with E-state index in [2.05, 4.69) is 11.8 Å². The van der Waals surface area contributed by atoms with Crippen LogP contribution < -0.4 is 4.90 Å². The van der Waals surface area contributed by atoms with Gasteiger partial charge >= 0.3 is 5.97 Å². The molecule has 0 N–H and O–H groups in total. The summed E-state index contributed by atoms with van der Waals surface area (Å²) in [5.74, 6) is -0.396. The van der Waals surface area contributed by atoms with Crippen LogP contribution in [0.25, 0.3) is 0 Å². The summed E-state index contributed by atoms with van der Waals surface area (Å²) in [5, 5.41) is 0. The molecule has 1 unspecified atom stereocenters. The molecule has 1 heterocycles. The van der Waals surface area contributed by atoms with Crippen molar-refractivity contribution in [3.63, 3.8) is 0 Å². The van der Waals surface area contributed by atoms with Crippen molar-refractivity contribution < 1.29 is 14.3 Å². The van der Waals surface area contributed by atoms with Gasteiger partial charge in [-0.05, 0) is 51.0 Å². The fourth-order valence-corrected chi connectivity index (χ4v) is 2.84. The number of piperidine rings is 1. The maximum atomic E-state index is 12.6. The second-order valence-electron chi connectivity index (χ2n) is 5.90. The van der Waals surface area contributed by atoms with Crippen LogP contribution >= 0.6 is 0 Å². The van der Waals surface area contributed by atoms with E-state index in [9.17, 15) is 9.59 Å². The summed E-state index contributed by atoms with van der Waals surface area (Å²) in [7, 11) is 2.02. The normalized spacial score (nSPS) is 17.7. The molecule has 5 heteroatoms. The zero-order valence-electron chi connectivity index (χ0n) is 14.2. The van der Waals surface area contributed by atoms with E-state index >= 15 is 0 Å². The van der Waals surface area contributed by atoms with Gasteiger partial charge in [0.2, 0.25) is 0 Å². The SMILES string of the molecule is CCOC(=O)C1CCCN(C(=O)c2ccc(N(C)CC)cc2)C1. The lowest BCUT2D eigenvalue weighted by Gasteiger charge is -2.31. The number of amides is 1. The van der Waals surface area contributed by atoms with Crippen molar-refractivity contribution in [2.24, 2.45) is 5.92 Å². The van der Waals surface area contributed by atoms with Crippen molar-refractivity contribution in [2.75, 3.05) is 38.2 Å². The van der Waals surface area contributed by atoms with E-state index in [4.69, 9.17) is 4.74 Å². The van der Waals surface area contributed by atoms with E-state index in [1.807, 2.05) is 31.3 Å². The second kappa shape index (κ2) is 7.99. The van der Waals surface area contributed by atoms with Gasteiger partial charge in [-0.25, -0.2) is 0 Å². The largest absolute Gasteiger partial charge is 0.466 e. The summed E-state index contributed by atoms with van der Waals surface area (Å²) in [6.45, 7) is 6.34. The molecule has 0 aliphatic carbocycles. The van der Waals surface area contributed by atoms with Crippen LogP contribution in [-0.4, -0.2) is 50.1 Å². The average Bonchev–Trinajstić information content (AvgIpc) is 2.61. The highest BCUT2D eigenvalue weighted by Crippen LogP contribution is 2.21. The fourth-order valence-electron chi connectivity index (χ4n) is 2.84. The van der Waals surface area contributed by atoms with Crippen LogP contribution in [-0.2, 0) is 9.53 Å². The Morgan fingerprint density at radius 1 is 1.26 bits per heavy atom. The van der Waals surface area contributed by atoms with Crippen molar-refractivity contribution in [1.29, 1.82) is 0 Å². The van der Waals surface area contributed by atoms with E-state index in [0.29, 0.717) is 25.3 Å². The van der Waals surface area contributed by atoms with Crippen LogP contribution in [0, 0.1) is 5.92 Å². The van der Waals surface area contributed by atoms with Gasteiger partial charge in [0.05, 0.1) is 12.5 Å². The molecule has 0 saturated carbocycles. The van der Waals surface area contributed by atoms with E-state index in [0.717, 1.165) is 25.1 Å². The van der Waals surface area contributed by atoms with Gasteiger partial charge < -0.3 is 14.5 Å². The van der Waals surface area contributed by atoms with Gasteiger partial charge in [-0.15, -0.1) is 0 Å². The van der Waals surface area contributed by atoms with Crippen LogP contribution in [0.2, 0.25) is 0 Å². The molecule has 0 spiro atoms. The number of carbonyl (C=O) groups excluding carboxylic acids is 2. The van der Waals surface area contributed by atoms with Crippen LogP contribution in [0.15, 0.2) is 24.3 Å². The number of benzene rings is 1. The number of hydrogen-bond acceptors (Lipinski definition) is 4. The average molecular weight is 318 g/mol. The maximum Gasteiger partial charge on any atom is 0.310 e. The minimum absolute atomic E-state index is 0.00954. The number of anilines is 1. The number of nitrogens with zero attached hydrogens (tertiary/aromatic N) is 2. The standard InChI is InChI=1S/C18H26N2O3/c1-4-19(3)16-10-8-14(9-11-16)17(21)20-12-6-7-15(13-20)18(22)23-5-2/h8-11,15H,4-7,12-13H2,1-3H3. The van der Waals surface area contributed by atoms with Gasteiger partial charge in [0.15, 0.2) is 0 Å². The summed E-state index contributed by atoms with van der Waals surface area (Å²) < 4.78 is 5.09. The predicted octanol–water partition coefficient (Wildman–Crippen LogP) is 2.56. The first-order chi connectivity index (χ1) is 11.1. The van der Waals surface area contributed by atoms with Crippen LogP contribution in [0.1, 0.15) is 37.0 Å². The van der Waals surface area contributed by atoms with Crippen molar-refractivity contribution in [2.45, 2.75) is 26.7 Å². The molecule has 0 aromatic heterocycles. The van der Waals surface area contributed by atoms with Crippen molar-refractivity contribution in [1.82, 2.24) is 4.90 Å². The molecule has 1 aromatic rings. The van der Waals surface area contributed by atoms with Gasteiger partial charge in [-0.2, -0.15) is 0 Å². The van der Waals surface area contributed by atoms with Gasteiger partial charge in [-0.3, -0.25) is 9.59 Å². The fraction of sp³-hybridized carbons (Fsp3) is 0.556. The molecule has 126 valence electrons. The molecule has 0 radical (unpaired) electrons. The third kappa shape index (κ3) is 4.24. The first kappa shape index (κ1) is 17.3. The molecule has 5 nitrogen and oxygen atoms in total. The molecule has 1 aliphatic heterocycles. The number of likely N-dealkylation sites (tertiary alicyclic amines) is 1. The summed E-state index contributed by atoms with van der Waals surface area (Å²) >= 11 is 0. The molecular weight excluding hydrogens is 292 g/mol. The van der Waals surface area contributed by atoms with Crippen LogP contribution in [0.5, 0.6) is 0 Å². The van der Waals surface area contributed by atoms with Crippen molar-refractivity contribution in [3.05, 3.63) is 29.8 Å². The number of ether oxygens (including phenoxy) is 1. The Balaban J connectivity index is 2.03. The molecule has 23 heavy (non-hydrogen) atoms. The third-order valence-corrected chi connectivity index (χ3v) is 4.36. The first-order valence-corrected chi connectivity index (χ1v) is 8.33. The Morgan fingerprint density at radius 2 is 1.96 bits per heavy atom. The number of rotatable bonds is 5. The van der Waals surface area contributed by atoms with Crippen LogP contribution in [0.4, 0.5) is 5.69 Å². The van der Waals surface area contributed by atoms with Crippen molar-refractivity contribution >= 4 is 17.6 Å². The Hall–Kier alpha value is -2.04. The lowest BCUT2D eigenvalue weighted by atomic mass is 9.97. The minimum atomic E-state index is -0.196. The Labute approximate surface area is 138 Å². The summed E-state index contributed by atoms with van der Waals surface area (Å²) in [5.41, 5.74) is 1.76. The first-order valence-electron chi connectivity index (χ1n) is 8.33. The molecule has 1 amide bonds. The Morgan fingerprint density at radius 3 is 2.57 bits per heavy atom. The molecule has 1 aromatic carbocycles. The molecule has 0 bridgehead atoms. The van der Waals surface area contributed by atoms with Crippen LogP contribution in [0.3, 0.4) is 0 Å². The number of hydrogen-bond donors (Lipinski definition) is 0. The van der Waals surface area contributed by atoms with Crippen molar-refractivity contribution in [3.8, 4) is 0 Å². The highest BCUT2D eigenvalue weighted by molar-refractivity contribution is 5.95. The molecule has 1 aliphatic rings. The highest BCUT2D eigenvalue weighted by Gasteiger charge is 2.29. The van der Waals surface area contributed by atoms with E-state index in [1.165, 1.54) is 0 Å². The quantitative estimate of drug-likeness (QED) is 0.783. The predicted molar refractivity (Wildman–Crippen MR) is 90.6 cm³/mol. The molecule has 1 saturated heterocycles. The topological polar surface area (TPSA) is 49.9 Å². The van der Waals surface area contributed by atoms with Gasteiger partial charge in [0.25, 0.3) is 5.91 Å². The number of esters is 1. The monoisotopic (exact) mass is 318 g/mol. The molecule has 1 fully saturated rings. The lowest BCUT2D eigenvalue weighted by molar-refractivity contribution is -0.149. The molecular formula is C18H26N2O3. The molecule has 2 rings (SSSR count). The van der Waals surface area contributed by atoms with Gasteiger partial charge in [-0.1, -0.05) is 0 Å². The van der Waals surface area contributed by atoms with Gasteiger partial charge in [0.1, 0.15) is 0 Å². The van der Waals surface area contributed by atoms with Gasteiger partial charge in [0, 0.05) is 37.9 Å². The summed E-state index contributed by atoms with van der Waals surface area (Å²) in [6.07, 6.45) is 1.63. The summed E-state index contributed by atoms with van der Waals surface area (Å²) in [6, 6.07) is 7.64. The zero-order chi connectivity index (χ0) is 16.8.